The zero-order valence-corrected chi connectivity index (χ0v) is 9.90. The fourth-order valence-corrected chi connectivity index (χ4v) is 2.20. The normalized spacial score (nSPS) is 12.8. The number of hydrogen-bond acceptors (Lipinski definition) is 3. The lowest BCUT2D eigenvalue weighted by molar-refractivity contribution is 0.588. The second-order valence-electron chi connectivity index (χ2n) is 3.38. The summed E-state index contributed by atoms with van der Waals surface area (Å²) in [4.78, 5) is 0. The number of thioether (sulfide) groups is 1. The van der Waals surface area contributed by atoms with Gasteiger partial charge in [0.25, 0.3) is 0 Å². The van der Waals surface area contributed by atoms with Crippen LogP contribution in [0.4, 0.5) is 4.39 Å². The number of hydrazine groups is 1. The number of rotatable bonds is 5. The fraction of sp³-hybridized carbons (Fsp3) is 0.455. The smallest absolute Gasteiger partial charge is 0.123 e. The van der Waals surface area contributed by atoms with E-state index in [1.54, 1.807) is 23.9 Å². The Morgan fingerprint density at radius 3 is 2.87 bits per heavy atom. The summed E-state index contributed by atoms with van der Waals surface area (Å²) in [5.74, 6) is 7.16. The molecule has 0 aliphatic rings. The molecule has 0 fully saturated rings. The molecule has 3 N–H and O–H groups in total. The van der Waals surface area contributed by atoms with E-state index >= 15 is 0 Å². The third-order valence-electron chi connectivity index (χ3n) is 2.31. The van der Waals surface area contributed by atoms with E-state index in [-0.39, 0.29) is 11.9 Å². The van der Waals surface area contributed by atoms with Gasteiger partial charge in [0.1, 0.15) is 5.82 Å². The molecular formula is C11H17FN2S. The minimum absolute atomic E-state index is 0.0191. The maximum atomic E-state index is 13.1. The maximum absolute atomic E-state index is 13.1. The van der Waals surface area contributed by atoms with Gasteiger partial charge in [0.15, 0.2) is 0 Å². The quantitative estimate of drug-likeness (QED) is 0.600. The van der Waals surface area contributed by atoms with Crippen LogP contribution in [0, 0.1) is 12.7 Å². The molecule has 0 saturated carbocycles. The summed E-state index contributed by atoms with van der Waals surface area (Å²) in [5.41, 5.74) is 4.74. The van der Waals surface area contributed by atoms with Gasteiger partial charge in [-0.1, -0.05) is 13.0 Å². The first-order chi connectivity index (χ1) is 7.19. The van der Waals surface area contributed by atoms with Crippen molar-refractivity contribution in [1.82, 2.24) is 5.43 Å². The summed E-state index contributed by atoms with van der Waals surface area (Å²) < 4.78 is 13.1. The Hall–Kier alpha value is -0.580. The third-order valence-corrected chi connectivity index (χ3v) is 3.28. The van der Waals surface area contributed by atoms with Crippen LogP contribution in [-0.4, -0.2) is 11.5 Å². The van der Waals surface area contributed by atoms with Gasteiger partial charge < -0.3 is 0 Å². The van der Waals surface area contributed by atoms with Crippen LogP contribution < -0.4 is 11.3 Å². The molecule has 0 aliphatic heterocycles. The molecule has 0 heterocycles. The minimum Gasteiger partial charge on any atom is -0.271 e. The van der Waals surface area contributed by atoms with Crippen LogP contribution in [0.5, 0.6) is 0 Å². The van der Waals surface area contributed by atoms with Gasteiger partial charge in [0.05, 0.1) is 6.04 Å². The summed E-state index contributed by atoms with van der Waals surface area (Å²) in [6.45, 7) is 4.06. The zero-order valence-electron chi connectivity index (χ0n) is 9.09. The highest BCUT2D eigenvalue weighted by Gasteiger charge is 2.12. The van der Waals surface area contributed by atoms with Crippen molar-refractivity contribution in [1.29, 1.82) is 0 Å². The van der Waals surface area contributed by atoms with Gasteiger partial charge in [-0.2, -0.15) is 11.8 Å². The monoisotopic (exact) mass is 228 g/mol. The number of nitrogens with two attached hydrogens (primary N) is 1. The molecule has 0 aliphatic carbocycles. The Morgan fingerprint density at radius 2 is 2.27 bits per heavy atom. The van der Waals surface area contributed by atoms with Crippen molar-refractivity contribution in [2.45, 2.75) is 19.9 Å². The number of aryl methyl sites for hydroxylation is 1. The standard InChI is InChI=1S/C11H17FN2S/c1-3-15-7-11(14-13)10-6-9(12)5-4-8(10)2/h4-6,11,14H,3,7,13H2,1-2H3. The largest absolute Gasteiger partial charge is 0.271 e. The third kappa shape index (κ3) is 3.48. The average molecular weight is 228 g/mol. The molecule has 4 heteroatoms. The highest BCUT2D eigenvalue weighted by molar-refractivity contribution is 7.99. The van der Waals surface area contributed by atoms with Crippen molar-refractivity contribution < 1.29 is 4.39 Å². The molecule has 1 unspecified atom stereocenters. The molecule has 2 nitrogen and oxygen atoms in total. The van der Waals surface area contributed by atoms with Crippen LogP contribution >= 0.6 is 11.8 Å². The van der Waals surface area contributed by atoms with E-state index in [4.69, 9.17) is 5.84 Å². The van der Waals surface area contributed by atoms with Crippen LogP contribution in [0.3, 0.4) is 0 Å². The molecule has 1 atom stereocenters. The number of hydrogen-bond donors (Lipinski definition) is 2. The first-order valence-corrected chi connectivity index (χ1v) is 6.14. The SMILES string of the molecule is CCSCC(NN)c1cc(F)ccc1C. The van der Waals surface area contributed by atoms with E-state index in [0.717, 1.165) is 22.6 Å². The molecule has 0 radical (unpaired) electrons. The lowest BCUT2D eigenvalue weighted by Gasteiger charge is -2.17. The second-order valence-corrected chi connectivity index (χ2v) is 4.70. The van der Waals surface area contributed by atoms with Gasteiger partial charge in [-0.3, -0.25) is 11.3 Å². The number of nitrogens with one attached hydrogen (secondary N) is 1. The maximum Gasteiger partial charge on any atom is 0.123 e. The summed E-state index contributed by atoms with van der Waals surface area (Å²) in [7, 11) is 0. The Balaban J connectivity index is 2.85. The van der Waals surface area contributed by atoms with Gasteiger partial charge in [-0.15, -0.1) is 0 Å². The van der Waals surface area contributed by atoms with Gasteiger partial charge in [0, 0.05) is 5.75 Å². The second kappa shape index (κ2) is 6.10. The molecule has 84 valence electrons. The predicted octanol–water partition coefficient (Wildman–Crippen LogP) is 2.39. The molecule has 0 saturated heterocycles. The van der Waals surface area contributed by atoms with Crippen LogP contribution in [0.1, 0.15) is 24.1 Å². The van der Waals surface area contributed by atoms with Gasteiger partial charge in [-0.25, -0.2) is 4.39 Å². The summed E-state index contributed by atoms with van der Waals surface area (Å²) in [6.07, 6.45) is 0. The Labute approximate surface area is 94.4 Å². The highest BCUT2D eigenvalue weighted by atomic mass is 32.2. The minimum atomic E-state index is -0.211. The van der Waals surface area contributed by atoms with Crippen LogP contribution in [0.2, 0.25) is 0 Å². The van der Waals surface area contributed by atoms with Gasteiger partial charge >= 0.3 is 0 Å². The molecule has 0 spiro atoms. The summed E-state index contributed by atoms with van der Waals surface area (Å²) >= 11 is 1.79. The summed E-state index contributed by atoms with van der Waals surface area (Å²) in [5, 5.41) is 0. The first kappa shape index (κ1) is 12.5. The van der Waals surface area contributed by atoms with Crippen molar-refractivity contribution in [3.8, 4) is 0 Å². The van der Waals surface area contributed by atoms with Gasteiger partial charge in [0.2, 0.25) is 0 Å². The molecular weight excluding hydrogens is 211 g/mol. The van der Waals surface area contributed by atoms with Crippen LogP contribution in [0.25, 0.3) is 0 Å². The summed E-state index contributed by atoms with van der Waals surface area (Å²) in [6, 6.07) is 4.83. The van der Waals surface area contributed by atoms with Crippen molar-refractivity contribution in [2.75, 3.05) is 11.5 Å². The highest BCUT2D eigenvalue weighted by Crippen LogP contribution is 2.21. The van der Waals surface area contributed by atoms with Crippen molar-refractivity contribution in [3.63, 3.8) is 0 Å². The number of halogens is 1. The Bertz CT molecular complexity index is 317. The number of benzene rings is 1. The van der Waals surface area contributed by atoms with Gasteiger partial charge in [-0.05, 0) is 35.9 Å². The van der Waals surface area contributed by atoms with Crippen LogP contribution in [-0.2, 0) is 0 Å². The van der Waals surface area contributed by atoms with E-state index in [2.05, 4.69) is 12.3 Å². The molecule has 1 aromatic rings. The van der Waals surface area contributed by atoms with E-state index in [9.17, 15) is 4.39 Å². The zero-order chi connectivity index (χ0) is 11.3. The predicted molar refractivity (Wildman–Crippen MR) is 64.2 cm³/mol. The molecule has 15 heavy (non-hydrogen) atoms. The molecule has 1 rings (SSSR count). The lowest BCUT2D eigenvalue weighted by Crippen LogP contribution is -2.30. The van der Waals surface area contributed by atoms with Crippen molar-refractivity contribution >= 4 is 11.8 Å². The van der Waals surface area contributed by atoms with E-state index < -0.39 is 0 Å². The topological polar surface area (TPSA) is 38.0 Å². The van der Waals surface area contributed by atoms with E-state index in [1.807, 2.05) is 6.92 Å². The molecule has 0 aromatic heterocycles. The Morgan fingerprint density at radius 1 is 1.53 bits per heavy atom. The van der Waals surface area contributed by atoms with Crippen molar-refractivity contribution in [2.24, 2.45) is 5.84 Å². The van der Waals surface area contributed by atoms with E-state index in [0.29, 0.717) is 0 Å². The average Bonchev–Trinajstić information content (AvgIpc) is 2.24. The Kier molecular flexibility index (Phi) is 5.08. The molecule has 1 aromatic carbocycles. The van der Waals surface area contributed by atoms with Crippen LogP contribution in [0.15, 0.2) is 18.2 Å². The fourth-order valence-electron chi connectivity index (χ4n) is 1.45. The van der Waals surface area contributed by atoms with E-state index in [1.165, 1.54) is 6.07 Å². The lowest BCUT2D eigenvalue weighted by atomic mass is 10.0. The van der Waals surface area contributed by atoms with Crippen molar-refractivity contribution in [3.05, 3.63) is 35.1 Å². The molecule has 0 amide bonds. The molecule has 0 bridgehead atoms. The first-order valence-electron chi connectivity index (χ1n) is 4.99.